The third-order valence-electron chi connectivity index (χ3n) is 2.69. The van der Waals surface area contributed by atoms with Crippen molar-refractivity contribution in [2.45, 2.75) is 48.7 Å². The highest BCUT2D eigenvalue weighted by Crippen LogP contribution is 2.18. The summed E-state index contributed by atoms with van der Waals surface area (Å²) in [7, 11) is 0. The molecule has 0 bridgehead atoms. The van der Waals surface area contributed by atoms with Gasteiger partial charge in [0.15, 0.2) is 0 Å². The Hall–Kier alpha value is -1.34. The summed E-state index contributed by atoms with van der Waals surface area (Å²) in [6.07, 6.45) is 2.32. The predicted octanol–water partition coefficient (Wildman–Crippen LogP) is 5.19. The maximum atomic E-state index is 9.04. The molecule has 0 heterocycles. The predicted molar refractivity (Wildman–Crippen MR) is 84.1 cm³/mol. The van der Waals surface area contributed by atoms with Gasteiger partial charge < -0.3 is 5.11 Å². The number of fused-ring (bicyclic) bond motifs is 1. The monoisotopic (exact) mass is 248 g/mol. The summed E-state index contributed by atoms with van der Waals surface area (Å²) < 4.78 is 0. The normalized spacial score (nSPS) is 9.00. The summed E-state index contributed by atoms with van der Waals surface area (Å²) in [5.74, 6) is 0. The summed E-state index contributed by atoms with van der Waals surface area (Å²) in [5.41, 5.74) is 2.37. The van der Waals surface area contributed by atoms with Crippen LogP contribution in [0.5, 0.6) is 0 Å². The molecule has 0 atom stereocenters. The molecule has 1 nitrogen and oxygen atoms in total. The van der Waals surface area contributed by atoms with Crippen molar-refractivity contribution in [2.75, 3.05) is 0 Å². The van der Waals surface area contributed by atoms with Crippen LogP contribution in [0.15, 0.2) is 36.4 Å². The van der Waals surface area contributed by atoms with Crippen LogP contribution in [0.3, 0.4) is 0 Å². The zero-order chi connectivity index (χ0) is 10.7. The second-order valence-corrected chi connectivity index (χ2v) is 3.92. The Balaban J connectivity index is 0. The lowest BCUT2D eigenvalue weighted by Gasteiger charge is -2.04. The van der Waals surface area contributed by atoms with Crippen LogP contribution >= 0.6 is 0 Å². The van der Waals surface area contributed by atoms with Crippen LogP contribution in [0.4, 0.5) is 0 Å². The topological polar surface area (TPSA) is 20.2 Å². The van der Waals surface area contributed by atoms with Gasteiger partial charge in [-0.25, -0.2) is 0 Å². The van der Waals surface area contributed by atoms with Gasteiger partial charge in [0.05, 0.1) is 6.61 Å². The Labute approximate surface area is 112 Å². The fourth-order valence-electron chi connectivity index (χ4n) is 1.89. The van der Waals surface area contributed by atoms with Crippen molar-refractivity contribution in [3.8, 4) is 0 Å². The van der Waals surface area contributed by atoms with E-state index in [0.717, 1.165) is 12.0 Å². The summed E-state index contributed by atoms with van der Waals surface area (Å²) >= 11 is 0. The van der Waals surface area contributed by atoms with Crippen LogP contribution in [0.25, 0.3) is 10.8 Å². The van der Waals surface area contributed by atoms with Crippen molar-refractivity contribution < 1.29 is 5.11 Å². The molecule has 1 heteroatoms. The van der Waals surface area contributed by atoms with Gasteiger partial charge in [-0.1, -0.05) is 66.0 Å². The van der Waals surface area contributed by atoms with Crippen molar-refractivity contribution in [1.82, 2.24) is 0 Å². The molecule has 2 aromatic carbocycles. The lowest BCUT2D eigenvalue weighted by atomic mass is 10.0. The van der Waals surface area contributed by atoms with E-state index in [4.69, 9.17) is 5.11 Å². The molecule has 0 radical (unpaired) electrons. The molecule has 0 aliphatic heterocycles. The van der Waals surface area contributed by atoms with Gasteiger partial charge in [-0.05, 0) is 34.4 Å². The maximum absolute atomic E-state index is 9.04. The lowest BCUT2D eigenvalue weighted by Crippen LogP contribution is -1.86. The van der Waals surface area contributed by atoms with E-state index in [-0.39, 0.29) is 28.9 Å². The van der Waals surface area contributed by atoms with Gasteiger partial charge in [0.2, 0.25) is 0 Å². The highest BCUT2D eigenvalue weighted by atomic mass is 16.3. The van der Waals surface area contributed by atoms with E-state index >= 15 is 0 Å². The number of aliphatic hydroxyl groups is 1. The minimum Gasteiger partial charge on any atom is -0.392 e. The Morgan fingerprint density at radius 3 is 1.83 bits per heavy atom. The molecule has 0 amide bonds. The number of rotatable bonds is 3. The molecule has 0 fully saturated rings. The molecule has 102 valence electrons. The lowest BCUT2D eigenvalue weighted by molar-refractivity contribution is 0.282. The molecule has 2 rings (SSSR count). The third-order valence-corrected chi connectivity index (χ3v) is 2.69. The van der Waals surface area contributed by atoms with Crippen molar-refractivity contribution in [1.29, 1.82) is 0 Å². The fraction of sp³-hybridized carbons (Fsp3) is 0.412. The van der Waals surface area contributed by atoms with Crippen molar-refractivity contribution >= 4 is 10.8 Å². The first-order valence-corrected chi connectivity index (χ1v) is 5.46. The van der Waals surface area contributed by atoms with E-state index in [9.17, 15) is 0 Å². The summed E-state index contributed by atoms with van der Waals surface area (Å²) in [6.45, 7) is 2.31. The highest BCUT2D eigenvalue weighted by molar-refractivity contribution is 5.83. The molecule has 0 aliphatic carbocycles. The largest absolute Gasteiger partial charge is 0.392 e. The first-order valence-electron chi connectivity index (χ1n) is 5.46. The molecular formula is C17H28O. The summed E-state index contributed by atoms with van der Waals surface area (Å²) in [4.78, 5) is 0. The number of aryl methyl sites for hydroxylation is 1. The average Bonchev–Trinajstić information content (AvgIpc) is 2.29. The van der Waals surface area contributed by atoms with Gasteiger partial charge in [0.1, 0.15) is 0 Å². The molecule has 2 aromatic rings. The number of aliphatic hydroxyl groups excluding tert-OH is 1. The molecule has 1 N–H and O–H groups in total. The quantitative estimate of drug-likeness (QED) is 0.792. The van der Waals surface area contributed by atoms with Crippen LogP contribution in [0.2, 0.25) is 0 Å². The van der Waals surface area contributed by atoms with Crippen LogP contribution in [0.1, 0.15) is 46.8 Å². The Morgan fingerprint density at radius 1 is 0.833 bits per heavy atom. The van der Waals surface area contributed by atoms with Gasteiger partial charge in [-0.3, -0.25) is 0 Å². The van der Waals surface area contributed by atoms with Gasteiger partial charge in [-0.15, -0.1) is 0 Å². The van der Waals surface area contributed by atoms with Crippen molar-refractivity contribution in [2.24, 2.45) is 0 Å². The van der Waals surface area contributed by atoms with Gasteiger partial charge in [0.25, 0.3) is 0 Å². The summed E-state index contributed by atoms with van der Waals surface area (Å²) in [6, 6.07) is 12.7. The molecule has 0 spiro atoms. The molecule has 0 aliphatic rings. The second kappa shape index (κ2) is 8.71. The zero-order valence-corrected chi connectivity index (χ0v) is 9.03. The first-order chi connectivity index (χ1) is 7.33. The number of benzene rings is 2. The second-order valence-electron chi connectivity index (χ2n) is 3.92. The molecule has 0 saturated carbocycles. The van der Waals surface area contributed by atoms with E-state index in [0.29, 0.717) is 0 Å². The Morgan fingerprint density at radius 2 is 1.33 bits per heavy atom. The zero-order valence-electron chi connectivity index (χ0n) is 9.03. The number of hydrogen-bond acceptors (Lipinski definition) is 1. The van der Waals surface area contributed by atoms with Gasteiger partial charge in [0, 0.05) is 0 Å². The van der Waals surface area contributed by atoms with Gasteiger partial charge >= 0.3 is 0 Å². The fourth-order valence-corrected chi connectivity index (χ4v) is 1.89. The van der Waals surface area contributed by atoms with Crippen molar-refractivity contribution in [3.63, 3.8) is 0 Å². The minimum atomic E-state index is 0. The van der Waals surface area contributed by atoms with E-state index in [1.165, 1.54) is 22.8 Å². The van der Waals surface area contributed by atoms with E-state index in [1.54, 1.807) is 0 Å². The number of hydrogen-bond donors (Lipinski definition) is 1. The smallest absolute Gasteiger partial charge is 0.0682 e. The Bertz CT molecular complexity index is 460. The van der Waals surface area contributed by atoms with E-state index in [2.05, 4.69) is 31.2 Å². The van der Waals surface area contributed by atoms with Gasteiger partial charge in [-0.2, -0.15) is 0 Å². The molecular weight excluding hydrogens is 220 g/mol. The molecule has 18 heavy (non-hydrogen) atoms. The van der Waals surface area contributed by atoms with Crippen molar-refractivity contribution in [3.05, 3.63) is 47.5 Å². The van der Waals surface area contributed by atoms with E-state index < -0.39 is 0 Å². The van der Waals surface area contributed by atoms with E-state index in [1.807, 2.05) is 12.1 Å². The standard InChI is InChI=1S/C14H16O.3CH4/c1-2-3-11-4-6-14-9-12(10-15)5-7-13(14)8-11;;;/h4-9,15H,2-3,10H2,1H3;3*1H4. The van der Waals surface area contributed by atoms with Crippen LogP contribution in [0, 0.1) is 0 Å². The van der Waals surface area contributed by atoms with Crippen LogP contribution < -0.4 is 0 Å². The molecule has 0 saturated heterocycles. The Kier molecular flexibility index (Phi) is 9.20. The highest BCUT2D eigenvalue weighted by Gasteiger charge is 1.97. The molecule has 0 aromatic heterocycles. The SMILES string of the molecule is C.C.C.CCCc1ccc2cc(CO)ccc2c1. The maximum Gasteiger partial charge on any atom is 0.0682 e. The van der Waals surface area contributed by atoms with Crippen LogP contribution in [-0.4, -0.2) is 5.11 Å². The first kappa shape index (κ1) is 19.0. The minimum absolute atomic E-state index is 0. The third kappa shape index (κ3) is 4.15. The molecule has 0 unspecified atom stereocenters. The average molecular weight is 248 g/mol. The summed E-state index contributed by atoms with van der Waals surface area (Å²) in [5, 5.41) is 11.5. The van der Waals surface area contributed by atoms with Crippen LogP contribution in [-0.2, 0) is 13.0 Å².